The summed E-state index contributed by atoms with van der Waals surface area (Å²) in [6, 6.07) is 27.6. The molecule has 0 heterocycles. The van der Waals surface area contributed by atoms with Crippen molar-refractivity contribution in [3.05, 3.63) is 129 Å². The number of carboxylic acids is 1. The van der Waals surface area contributed by atoms with Crippen LogP contribution in [-0.2, 0) is 60.6 Å². The van der Waals surface area contributed by atoms with E-state index in [0.29, 0.717) is 71.6 Å². The van der Waals surface area contributed by atoms with Gasteiger partial charge in [0.15, 0.2) is 16.8 Å². The van der Waals surface area contributed by atoms with E-state index in [1.165, 1.54) is 37.6 Å². The molecule has 4 rings (SSSR count). The van der Waals surface area contributed by atoms with Crippen molar-refractivity contribution in [2.75, 3.05) is 54.0 Å². The van der Waals surface area contributed by atoms with Crippen molar-refractivity contribution in [1.29, 1.82) is 0 Å². The van der Waals surface area contributed by atoms with E-state index in [4.69, 9.17) is 84.5 Å². The summed E-state index contributed by atoms with van der Waals surface area (Å²) >= 11 is 17.2. The van der Waals surface area contributed by atoms with Gasteiger partial charge in [0, 0.05) is 81.3 Å². The number of ether oxygens (including phenoxy) is 7. The van der Waals surface area contributed by atoms with Crippen LogP contribution in [0.25, 0.3) is 0 Å². The van der Waals surface area contributed by atoms with Gasteiger partial charge in [-0.3, -0.25) is 23.6 Å². The van der Waals surface area contributed by atoms with Crippen LogP contribution in [0.3, 0.4) is 0 Å². The van der Waals surface area contributed by atoms with Crippen molar-refractivity contribution in [3.8, 4) is 11.5 Å². The summed E-state index contributed by atoms with van der Waals surface area (Å²) in [7, 11) is 2.08. The number of hydrogen-bond donors (Lipinski definition) is 4. The maximum Gasteiger partial charge on any atom is 1.00 e. The van der Waals surface area contributed by atoms with Crippen LogP contribution in [0.2, 0.25) is 10.0 Å². The Morgan fingerprint density at radius 2 is 1.01 bits per heavy atom. The van der Waals surface area contributed by atoms with Crippen molar-refractivity contribution >= 4 is 89.3 Å². The second kappa shape index (κ2) is 48.6. The van der Waals surface area contributed by atoms with Crippen molar-refractivity contribution in [2.24, 2.45) is 0 Å². The van der Waals surface area contributed by atoms with E-state index in [1.807, 2.05) is 45.0 Å². The Hall–Kier alpha value is -4.03. The van der Waals surface area contributed by atoms with Crippen LogP contribution in [0.5, 0.6) is 11.5 Å². The number of alkyl halides is 2. The molecule has 508 valence electrons. The summed E-state index contributed by atoms with van der Waals surface area (Å²) < 4.78 is 52.3. The number of carbonyl (C=O) groups is 9. The van der Waals surface area contributed by atoms with Crippen LogP contribution in [0.1, 0.15) is 131 Å². The van der Waals surface area contributed by atoms with Crippen LogP contribution in [0, 0.1) is 0 Å². The standard InChI is InChI=1S/C30H40ClN3O8.C19H20ClNO4.C12H22ClNO4.CH3F.CH2O3.2Cs.H/c1-20(40-28(38)34(7)19-18-33-27(37)42-29(2,3)4)39-26(36)30(5,6)41-24-14-8-21(9-15-24)16-17-32-25(35)22-10-12-23(31)13-11-22;1-19(2,18(23)24)25-16-9-3-13(4-10-16)11-12-21-17(22)14-5-7-15(20)8-6-14;1-9(13)17-11(16)14(5)8-6-7-10(15)18-12(2,3)4;1-2;2-1-4-3;;;/h8-15,20H,16-19H2,1-7H3,(H,32,35)(H,33,37);3-10H,11-12H2,1-2H3,(H,21,22)(H,23,24);9H,6-8H2,1-5H3;1H3;1,3H;;;/q;;;;;2*+1;-1/p-1/i;;;1D;;;;. The van der Waals surface area contributed by atoms with Gasteiger partial charge >= 0.3 is 174 Å². The van der Waals surface area contributed by atoms with E-state index in [-0.39, 0.29) is 183 Å². The van der Waals surface area contributed by atoms with Gasteiger partial charge in [-0.15, -0.1) is 0 Å². The van der Waals surface area contributed by atoms with Gasteiger partial charge in [0.05, 0.1) is 8.52 Å². The monoisotopic (exact) mass is 1610 g/mol. The molecule has 30 heteroatoms. The first kappa shape index (κ1) is 91.0. The van der Waals surface area contributed by atoms with Gasteiger partial charge in [0.2, 0.25) is 6.29 Å². The molecular weight excluding hydrogens is 1520 g/mol. The van der Waals surface area contributed by atoms with Gasteiger partial charge in [0.25, 0.3) is 18.3 Å². The minimum Gasteiger partial charge on any atom is -1.00 e. The zero-order valence-corrected chi connectivity index (χ0v) is 70.6. The van der Waals surface area contributed by atoms with Crippen molar-refractivity contribution in [2.45, 2.75) is 143 Å². The molecule has 0 radical (unpaired) electrons. The molecule has 4 N–H and O–H groups in total. The van der Waals surface area contributed by atoms with E-state index in [9.17, 15) is 42.7 Å². The fraction of sp³-hybridized carbons (Fsp3) is 0.476. The van der Waals surface area contributed by atoms with Crippen LogP contribution < -0.4 is 168 Å². The summed E-state index contributed by atoms with van der Waals surface area (Å²) in [5, 5.41) is 26.9. The first-order valence-corrected chi connectivity index (χ1v) is 29.3. The summed E-state index contributed by atoms with van der Waals surface area (Å²) in [6.45, 7) is 21.2. The molecule has 0 spiro atoms. The Morgan fingerprint density at radius 1 is 0.624 bits per heavy atom. The Bertz CT molecular complexity index is 2920. The Labute approximate surface area is 679 Å². The summed E-state index contributed by atoms with van der Waals surface area (Å²) in [5.74, 6) is -1.44. The van der Waals surface area contributed by atoms with Gasteiger partial charge < -0.3 is 75.6 Å². The summed E-state index contributed by atoms with van der Waals surface area (Å²) in [6.07, 6.45) is -0.965. The smallest absolute Gasteiger partial charge is 1.00 e. The molecule has 4 aromatic rings. The number of halogens is 4. The first-order chi connectivity index (χ1) is 42.8. The number of nitrogens with zero attached hydrogens (tertiary/aromatic N) is 2. The van der Waals surface area contributed by atoms with Gasteiger partial charge in [0.1, 0.15) is 22.7 Å². The Morgan fingerprint density at radius 3 is 1.39 bits per heavy atom. The fourth-order valence-corrected chi connectivity index (χ4v) is 6.95. The molecule has 0 saturated heterocycles. The number of alkyl carbamates (subject to hydrolysis) is 1. The summed E-state index contributed by atoms with van der Waals surface area (Å²) in [5.41, 5.74) is -1.37. The Kier molecular flexibility index (Phi) is 47.6. The Balaban J connectivity index is -0.000000663. The third-order valence-electron chi connectivity index (χ3n) is 11.1. The number of likely N-dealkylation sites (N-methyl/N-ethyl adjacent to an activating group) is 1. The number of aliphatic carboxylic acids is 1. The quantitative estimate of drug-likeness (QED) is 0.0136. The minimum atomic E-state index is -1.38. The number of carboxylic acid groups (broad SMARTS) is 1. The van der Waals surface area contributed by atoms with Gasteiger partial charge in [-0.25, -0.2) is 24.0 Å². The second-order valence-corrected chi connectivity index (χ2v) is 23.8. The number of benzene rings is 4. The first-order valence-electron chi connectivity index (χ1n) is 28.8. The molecule has 24 nitrogen and oxygen atoms in total. The van der Waals surface area contributed by atoms with E-state index in [1.54, 1.807) is 121 Å². The molecule has 0 aliphatic heterocycles. The van der Waals surface area contributed by atoms with E-state index in [0.717, 1.165) is 11.1 Å². The molecule has 0 fully saturated rings. The van der Waals surface area contributed by atoms with Crippen molar-refractivity contribution in [1.82, 2.24) is 25.8 Å². The molecule has 93 heavy (non-hydrogen) atoms. The van der Waals surface area contributed by atoms with Gasteiger partial charge in [-0.05, 0) is 179 Å². The van der Waals surface area contributed by atoms with E-state index in [2.05, 4.69) is 20.8 Å². The zero-order chi connectivity index (χ0) is 70.4. The van der Waals surface area contributed by atoms with Crippen LogP contribution in [0.15, 0.2) is 97.1 Å². The fourth-order valence-electron chi connectivity index (χ4n) is 6.62. The topological polar surface area (TPSA) is 313 Å². The average molecular weight is 1610 g/mol. The van der Waals surface area contributed by atoms with Crippen LogP contribution in [0.4, 0.5) is 18.8 Å². The summed E-state index contributed by atoms with van der Waals surface area (Å²) in [4.78, 5) is 109. The number of amides is 5. The average Bonchev–Trinajstić information content (AvgIpc) is 0.913. The minimum absolute atomic E-state index is 0. The SMILES string of the molecule is CC(C)(Oc1ccc(CCNC(=O)c2ccc(Cl)cc2)cc1)C(=O)O.CC(Cl)OC(=O)N(C)CCCC(=O)OC(C)(C)C.CC(OC(=O)N(C)CCNC(=O)OC(C)(C)C)OC(=O)C(C)(C)Oc1ccc(CCNC(=O)c2ccc(Cl)cc2)cc1.O=CO[O-].[2H]CF.[Cs+].[Cs+].[H-]. The van der Waals surface area contributed by atoms with Crippen molar-refractivity contribution < 1.29 is 237 Å². The molecule has 5 amide bonds. The number of nitrogens with one attached hydrogen (secondary N) is 3. The third-order valence-corrected chi connectivity index (χ3v) is 11.7. The number of carbonyl (C=O) groups excluding carboxylic acids is 8. The number of hydrogen-bond acceptors (Lipinski definition) is 18. The molecule has 0 aliphatic carbocycles. The largest absolute Gasteiger partial charge is 1.00 e. The molecule has 0 aromatic heterocycles. The zero-order valence-electron chi connectivity index (χ0n) is 57.7. The second-order valence-electron chi connectivity index (χ2n) is 22.3. The predicted molar refractivity (Wildman–Crippen MR) is 339 cm³/mol. The van der Waals surface area contributed by atoms with Gasteiger partial charge in [-0.1, -0.05) is 59.1 Å². The molecular formula is C63H87Cl3Cs2FN5O19. The molecule has 0 bridgehead atoms. The maximum atomic E-state index is 12.7. The van der Waals surface area contributed by atoms with Crippen LogP contribution >= 0.6 is 34.8 Å². The normalized spacial score (nSPS) is 11.3. The van der Waals surface area contributed by atoms with E-state index >= 15 is 0 Å². The molecule has 4 aromatic carbocycles. The van der Waals surface area contributed by atoms with Gasteiger partial charge in [-0.2, -0.15) is 0 Å². The molecule has 0 saturated carbocycles. The number of esters is 2. The maximum absolute atomic E-state index is 12.7. The number of rotatable bonds is 25. The van der Waals surface area contributed by atoms with E-state index < -0.39 is 71.6 Å². The van der Waals surface area contributed by atoms with Crippen LogP contribution in [-0.4, -0.2) is 158 Å². The molecule has 2 unspecified atom stereocenters. The predicted octanol–water partition coefficient (Wildman–Crippen LogP) is 4.41. The molecule has 0 aliphatic rings. The van der Waals surface area contributed by atoms with Crippen molar-refractivity contribution in [3.63, 3.8) is 0 Å². The third kappa shape index (κ3) is 44.4. The molecule has 2 atom stereocenters.